The molecule has 2 aromatic carbocycles. The highest BCUT2D eigenvalue weighted by molar-refractivity contribution is 6.35. The number of carbonyl (C=O) groups is 2. The van der Waals surface area contributed by atoms with E-state index in [9.17, 15) is 9.59 Å². The molecule has 4 rings (SSSR count). The highest BCUT2D eigenvalue weighted by Gasteiger charge is 2.22. The number of aromatic nitrogens is 2. The molecule has 2 aromatic heterocycles. The molecule has 2 N–H and O–H groups in total. The zero-order chi connectivity index (χ0) is 23.4. The smallest absolute Gasteiger partial charge is 0.260 e. The van der Waals surface area contributed by atoms with Gasteiger partial charge in [-0.2, -0.15) is 0 Å². The normalized spacial score (nSPS) is 10.6. The van der Waals surface area contributed by atoms with E-state index in [1.165, 1.54) is 18.2 Å². The van der Waals surface area contributed by atoms with Crippen LogP contribution in [0.1, 0.15) is 26.3 Å². The maximum atomic E-state index is 13.6. The molecule has 4 aromatic rings. The predicted molar refractivity (Wildman–Crippen MR) is 129 cm³/mol. The Morgan fingerprint density at radius 1 is 0.909 bits per heavy atom. The SMILES string of the molecule is NC(=O)c1ccc(C(=O)N(Cc2cccnc2)c2ccc(Cl)c(-c3ccccn3)c2)c(Cl)c1. The monoisotopic (exact) mass is 476 g/mol. The van der Waals surface area contributed by atoms with Crippen molar-refractivity contribution in [2.45, 2.75) is 6.54 Å². The van der Waals surface area contributed by atoms with Crippen LogP contribution in [0, 0.1) is 0 Å². The summed E-state index contributed by atoms with van der Waals surface area (Å²) in [5, 5.41) is 0.640. The van der Waals surface area contributed by atoms with Crippen molar-refractivity contribution in [3.05, 3.63) is 112 Å². The Hall–Kier alpha value is -3.74. The molecule has 0 aliphatic heterocycles. The Balaban J connectivity index is 1.79. The summed E-state index contributed by atoms with van der Waals surface area (Å²) in [5.74, 6) is -0.977. The lowest BCUT2D eigenvalue weighted by Crippen LogP contribution is -2.31. The summed E-state index contributed by atoms with van der Waals surface area (Å²) in [4.78, 5) is 35.2. The van der Waals surface area contributed by atoms with E-state index in [0.29, 0.717) is 22.0 Å². The Morgan fingerprint density at radius 3 is 2.42 bits per heavy atom. The number of benzene rings is 2. The van der Waals surface area contributed by atoms with Crippen molar-refractivity contribution < 1.29 is 9.59 Å². The van der Waals surface area contributed by atoms with E-state index in [4.69, 9.17) is 28.9 Å². The molecule has 2 heterocycles. The van der Waals surface area contributed by atoms with Gasteiger partial charge in [0, 0.05) is 35.4 Å². The van der Waals surface area contributed by atoms with Crippen molar-refractivity contribution in [3.63, 3.8) is 0 Å². The largest absolute Gasteiger partial charge is 0.366 e. The van der Waals surface area contributed by atoms with Crippen LogP contribution in [0.3, 0.4) is 0 Å². The van der Waals surface area contributed by atoms with Crippen molar-refractivity contribution in [1.82, 2.24) is 9.97 Å². The quantitative estimate of drug-likeness (QED) is 0.403. The van der Waals surface area contributed by atoms with Gasteiger partial charge in [0.2, 0.25) is 5.91 Å². The Kier molecular flexibility index (Phi) is 6.68. The number of hydrogen-bond acceptors (Lipinski definition) is 4. The van der Waals surface area contributed by atoms with Crippen LogP contribution in [0.15, 0.2) is 85.3 Å². The third-order valence-corrected chi connectivity index (χ3v) is 5.64. The van der Waals surface area contributed by atoms with E-state index in [2.05, 4.69) is 9.97 Å². The van der Waals surface area contributed by atoms with Gasteiger partial charge in [0.05, 0.1) is 27.8 Å². The first kappa shape index (κ1) is 22.5. The van der Waals surface area contributed by atoms with Crippen LogP contribution in [0.5, 0.6) is 0 Å². The van der Waals surface area contributed by atoms with Crippen LogP contribution in [0.4, 0.5) is 5.69 Å². The van der Waals surface area contributed by atoms with Gasteiger partial charge in [0.25, 0.3) is 5.91 Å². The van der Waals surface area contributed by atoms with Crippen LogP contribution in [-0.4, -0.2) is 21.8 Å². The minimum atomic E-state index is -0.624. The molecule has 6 nitrogen and oxygen atoms in total. The summed E-state index contributed by atoms with van der Waals surface area (Å²) in [6.45, 7) is 0.240. The minimum absolute atomic E-state index is 0.131. The van der Waals surface area contributed by atoms with Crippen LogP contribution in [0.2, 0.25) is 10.0 Å². The van der Waals surface area contributed by atoms with Gasteiger partial charge in [-0.3, -0.25) is 19.6 Å². The third kappa shape index (κ3) is 5.03. The summed E-state index contributed by atoms with van der Waals surface area (Å²) in [5.41, 5.74) is 8.58. The van der Waals surface area contributed by atoms with E-state index in [1.54, 1.807) is 41.7 Å². The highest BCUT2D eigenvalue weighted by atomic mass is 35.5. The number of nitrogens with two attached hydrogens (primary N) is 1. The molecule has 0 fully saturated rings. The van der Waals surface area contributed by atoms with Gasteiger partial charge in [-0.05, 0) is 60.2 Å². The lowest BCUT2D eigenvalue weighted by Gasteiger charge is -2.24. The summed E-state index contributed by atoms with van der Waals surface area (Å²) >= 11 is 12.8. The summed E-state index contributed by atoms with van der Waals surface area (Å²) in [6, 6.07) is 18.9. The number of halogens is 2. The van der Waals surface area contributed by atoms with Crippen molar-refractivity contribution in [2.24, 2.45) is 5.73 Å². The predicted octanol–water partition coefficient (Wildman–Crippen LogP) is 5.40. The standard InChI is InChI=1S/C25H18Cl2N4O2/c26-21-9-7-18(13-20(21)23-5-1-2-11-30-23)31(15-16-4-3-10-29-14-16)25(33)19-8-6-17(24(28)32)12-22(19)27/h1-14H,15H2,(H2,28,32). The van der Waals surface area contributed by atoms with Gasteiger partial charge in [-0.15, -0.1) is 0 Å². The fourth-order valence-corrected chi connectivity index (χ4v) is 3.82. The van der Waals surface area contributed by atoms with Gasteiger partial charge < -0.3 is 10.6 Å². The van der Waals surface area contributed by atoms with Crippen LogP contribution in [0.25, 0.3) is 11.3 Å². The van der Waals surface area contributed by atoms with Crippen molar-refractivity contribution in [3.8, 4) is 11.3 Å². The summed E-state index contributed by atoms with van der Waals surface area (Å²) in [6.07, 6.45) is 5.03. The zero-order valence-corrected chi connectivity index (χ0v) is 18.8. The van der Waals surface area contributed by atoms with E-state index in [1.807, 2.05) is 30.3 Å². The molecule has 8 heteroatoms. The Labute approximate surface area is 200 Å². The van der Waals surface area contributed by atoms with Gasteiger partial charge in [-0.25, -0.2) is 0 Å². The first-order chi connectivity index (χ1) is 15.9. The van der Waals surface area contributed by atoms with Crippen LogP contribution < -0.4 is 10.6 Å². The Morgan fingerprint density at radius 2 is 1.76 bits per heavy atom. The maximum absolute atomic E-state index is 13.6. The molecular formula is C25H18Cl2N4O2. The van der Waals surface area contributed by atoms with Gasteiger partial charge in [0.1, 0.15) is 0 Å². The molecule has 2 amide bonds. The number of pyridine rings is 2. The second kappa shape index (κ2) is 9.81. The lowest BCUT2D eigenvalue weighted by atomic mass is 10.1. The minimum Gasteiger partial charge on any atom is -0.366 e. The molecule has 0 atom stereocenters. The number of nitrogens with zero attached hydrogens (tertiary/aromatic N) is 3. The van der Waals surface area contributed by atoms with Gasteiger partial charge in [-0.1, -0.05) is 35.3 Å². The molecule has 0 bridgehead atoms. The fourth-order valence-electron chi connectivity index (χ4n) is 3.34. The third-order valence-electron chi connectivity index (χ3n) is 5.00. The maximum Gasteiger partial charge on any atom is 0.260 e. The van der Waals surface area contributed by atoms with E-state index >= 15 is 0 Å². The van der Waals surface area contributed by atoms with E-state index in [0.717, 1.165) is 5.56 Å². The molecule has 0 aliphatic carbocycles. The number of rotatable bonds is 6. The van der Waals surface area contributed by atoms with E-state index in [-0.39, 0.29) is 28.6 Å². The first-order valence-corrected chi connectivity index (χ1v) is 10.7. The Bertz CT molecular complexity index is 1310. The molecule has 0 aliphatic rings. The van der Waals surface area contributed by atoms with Gasteiger partial charge in [0.15, 0.2) is 0 Å². The number of primary amides is 1. The molecule has 33 heavy (non-hydrogen) atoms. The second-order valence-corrected chi connectivity index (χ2v) is 8.00. The highest BCUT2D eigenvalue weighted by Crippen LogP contribution is 2.32. The van der Waals surface area contributed by atoms with Gasteiger partial charge >= 0.3 is 0 Å². The summed E-state index contributed by atoms with van der Waals surface area (Å²) in [7, 11) is 0. The molecule has 0 unspecified atom stereocenters. The van der Waals surface area contributed by atoms with Crippen molar-refractivity contribution >= 4 is 40.7 Å². The van der Waals surface area contributed by atoms with Crippen LogP contribution in [-0.2, 0) is 6.54 Å². The summed E-state index contributed by atoms with van der Waals surface area (Å²) < 4.78 is 0. The molecule has 0 spiro atoms. The number of amides is 2. The fraction of sp³-hybridized carbons (Fsp3) is 0.0400. The van der Waals surface area contributed by atoms with Crippen molar-refractivity contribution in [1.29, 1.82) is 0 Å². The van der Waals surface area contributed by atoms with E-state index < -0.39 is 5.91 Å². The topological polar surface area (TPSA) is 89.2 Å². The number of carbonyl (C=O) groups excluding carboxylic acids is 2. The van der Waals surface area contributed by atoms with Crippen molar-refractivity contribution in [2.75, 3.05) is 4.90 Å². The molecule has 164 valence electrons. The zero-order valence-electron chi connectivity index (χ0n) is 17.3. The number of anilines is 1. The number of hydrogen-bond donors (Lipinski definition) is 1. The average molecular weight is 477 g/mol. The molecular weight excluding hydrogens is 459 g/mol. The molecule has 0 radical (unpaired) electrons. The second-order valence-electron chi connectivity index (χ2n) is 7.19. The lowest BCUT2D eigenvalue weighted by molar-refractivity contribution is 0.0979. The molecule has 0 saturated heterocycles. The first-order valence-electron chi connectivity index (χ1n) is 9.95. The average Bonchev–Trinajstić information content (AvgIpc) is 2.83. The van der Waals surface area contributed by atoms with Crippen LogP contribution >= 0.6 is 23.2 Å². The molecule has 0 saturated carbocycles.